The molecule has 0 aliphatic carbocycles. The van der Waals surface area contributed by atoms with E-state index in [1.807, 2.05) is 37.3 Å². The predicted octanol–water partition coefficient (Wildman–Crippen LogP) is 2.42. The predicted molar refractivity (Wildman–Crippen MR) is 100 cm³/mol. The lowest BCUT2D eigenvalue weighted by Crippen LogP contribution is -2.67. The van der Waals surface area contributed by atoms with Crippen LogP contribution in [-0.4, -0.2) is 63.5 Å². The molecule has 1 amide bonds. The fourth-order valence-corrected chi connectivity index (χ4v) is 3.42. The van der Waals surface area contributed by atoms with Gasteiger partial charge in [0.25, 0.3) is 0 Å². The van der Waals surface area contributed by atoms with Crippen molar-refractivity contribution in [2.24, 2.45) is 11.8 Å². The molecule has 28 heavy (non-hydrogen) atoms. The van der Waals surface area contributed by atoms with Crippen LogP contribution < -0.4 is 0 Å². The summed E-state index contributed by atoms with van der Waals surface area (Å²) < 4.78 is 26.0. The van der Waals surface area contributed by atoms with Gasteiger partial charge in [0.15, 0.2) is 0 Å². The lowest BCUT2D eigenvalue weighted by molar-refractivity contribution is -0.182. The highest BCUT2D eigenvalue weighted by Crippen LogP contribution is 2.36. The molecule has 0 saturated carbocycles. The smallest absolute Gasteiger partial charge is 0.430 e. The second-order valence-electron chi connectivity index (χ2n) is 6.84. The first-order valence-corrected chi connectivity index (χ1v) is 9.23. The summed E-state index contributed by atoms with van der Waals surface area (Å²) in [5.41, 5.74) is 0.861. The van der Waals surface area contributed by atoms with Gasteiger partial charge in [-0.2, -0.15) is 0 Å². The van der Waals surface area contributed by atoms with E-state index in [1.165, 1.54) is 7.11 Å². The molecule has 2 rings (SSSR count). The molecule has 1 aliphatic rings. The molecule has 1 aromatic rings. The molecule has 4 unspecified atom stereocenters. The maximum Gasteiger partial charge on any atom is 0.508 e. The van der Waals surface area contributed by atoms with Gasteiger partial charge in [0, 0.05) is 20.1 Å². The Morgan fingerprint density at radius 3 is 2.50 bits per heavy atom. The van der Waals surface area contributed by atoms with Gasteiger partial charge in [0.1, 0.15) is 26.2 Å². The zero-order chi connectivity index (χ0) is 20.5. The lowest BCUT2D eigenvalue weighted by atomic mass is 9.77. The van der Waals surface area contributed by atoms with E-state index in [9.17, 15) is 9.59 Å². The molecular formula is C20H29NO7. The van der Waals surface area contributed by atoms with Crippen LogP contribution in [0.5, 0.6) is 0 Å². The van der Waals surface area contributed by atoms with E-state index in [4.69, 9.17) is 23.7 Å². The first-order chi connectivity index (χ1) is 13.5. The summed E-state index contributed by atoms with van der Waals surface area (Å²) in [7, 11) is 3.08. The Hall–Kier alpha value is -2.16. The maximum absolute atomic E-state index is 12.5. The quantitative estimate of drug-likeness (QED) is 0.246. The average Bonchev–Trinajstić information content (AvgIpc) is 2.69. The molecule has 1 aliphatic heterocycles. The average molecular weight is 395 g/mol. The number of methoxy groups -OCH3 is 2. The fraction of sp³-hybridized carbons (Fsp3) is 0.600. The number of carbonyl (C=O) groups excluding carboxylic acids is 2. The van der Waals surface area contributed by atoms with E-state index in [0.29, 0.717) is 6.61 Å². The SMILES string of the molecule is COCOCC(C)C1C(C(C)OC(=O)OCc2ccccc2)C(=O)N1COC. The second kappa shape index (κ2) is 11.0. The molecule has 0 radical (unpaired) electrons. The van der Waals surface area contributed by atoms with Gasteiger partial charge in [-0.15, -0.1) is 0 Å². The molecule has 0 spiro atoms. The minimum Gasteiger partial charge on any atom is -0.430 e. The molecule has 0 aromatic heterocycles. The van der Waals surface area contributed by atoms with Crippen molar-refractivity contribution in [1.82, 2.24) is 4.90 Å². The van der Waals surface area contributed by atoms with Gasteiger partial charge in [-0.05, 0) is 12.5 Å². The molecule has 8 heteroatoms. The number of amides is 1. The number of nitrogens with zero attached hydrogens (tertiary/aromatic N) is 1. The minimum atomic E-state index is -0.795. The Kier molecular flexibility index (Phi) is 8.69. The van der Waals surface area contributed by atoms with Crippen LogP contribution in [0, 0.1) is 11.8 Å². The van der Waals surface area contributed by atoms with Gasteiger partial charge < -0.3 is 28.6 Å². The number of β-lactam (4-membered cyclic amide) rings is 1. The van der Waals surface area contributed by atoms with Crippen LogP contribution in [0.15, 0.2) is 30.3 Å². The van der Waals surface area contributed by atoms with Crippen molar-refractivity contribution in [3.05, 3.63) is 35.9 Å². The highest BCUT2D eigenvalue weighted by atomic mass is 16.7. The molecule has 0 bridgehead atoms. The van der Waals surface area contributed by atoms with Gasteiger partial charge >= 0.3 is 6.16 Å². The van der Waals surface area contributed by atoms with Crippen molar-refractivity contribution in [3.63, 3.8) is 0 Å². The molecule has 0 N–H and O–H groups in total. The first kappa shape index (κ1) is 22.1. The van der Waals surface area contributed by atoms with Crippen LogP contribution in [0.2, 0.25) is 0 Å². The number of benzene rings is 1. The largest absolute Gasteiger partial charge is 0.508 e. The standard InChI is InChI=1S/C20H29NO7/c1-14(10-26-13-25-4)18-17(19(22)21(18)12-24-3)15(2)28-20(23)27-11-16-8-6-5-7-9-16/h5-9,14-15,17-18H,10-13H2,1-4H3. The molecule has 1 fully saturated rings. The Bertz CT molecular complexity index is 624. The molecule has 1 aromatic carbocycles. The van der Waals surface area contributed by atoms with E-state index in [0.717, 1.165) is 5.56 Å². The molecule has 1 heterocycles. The van der Waals surface area contributed by atoms with Crippen LogP contribution in [0.4, 0.5) is 4.79 Å². The van der Waals surface area contributed by atoms with Crippen molar-refractivity contribution >= 4 is 12.1 Å². The summed E-state index contributed by atoms with van der Waals surface area (Å²) in [6, 6.07) is 9.15. The fourth-order valence-electron chi connectivity index (χ4n) is 3.42. The molecular weight excluding hydrogens is 366 g/mol. The third kappa shape index (κ3) is 5.67. The Balaban J connectivity index is 1.91. The number of hydrogen-bond donors (Lipinski definition) is 0. The molecule has 156 valence electrons. The van der Waals surface area contributed by atoms with Crippen molar-refractivity contribution in [3.8, 4) is 0 Å². The van der Waals surface area contributed by atoms with E-state index in [1.54, 1.807) is 18.9 Å². The highest BCUT2D eigenvalue weighted by Gasteiger charge is 2.53. The molecule has 4 atom stereocenters. The Morgan fingerprint density at radius 1 is 1.14 bits per heavy atom. The third-order valence-corrected chi connectivity index (χ3v) is 4.72. The summed E-state index contributed by atoms with van der Waals surface area (Å²) in [4.78, 5) is 26.2. The monoisotopic (exact) mass is 395 g/mol. The minimum absolute atomic E-state index is 0.0133. The summed E-state index contributed by atoms with van der Waals surface area (Å²) in [5, 5.41) is 0. The lowest BCUT2D eigenvalue weighted by Gasteiger charge is -2.50. The van der Waals surface area contributed by atoms with Gasteiger partial charge in [-0.3, -0.25) is 4.79 Å². The van der Waals surface area contributed by atoms with Crippen LogP contribution >= 0.6 is 0 Å². The Morgan fingerprint density at radius 2 is 1.86 bits per heavy atom. The van der Waals surface area contributed by atoms with Crippen LogP contribution in [-0.2, 0) is 35.1 Å². The van der Waals surface area contributed by atoms with Crippen molar-refractivity contribution < 1.29 is 33.3 Å². The van der Waals surface area contributed by atoms with E-state index >= 15 is 0 Å². The normalized spacial score (nSPS) is 21.0. The summed E-state index contributed by atoms with van der Waals surface area (Å²) in [6.45, 7) is 4.56. The van der Waals surface area contributed by atoms with Crippen LogP contribution in [0.1, 0.15) is 19.4 Å². The third-order valence-electron chi connectivity index (χ3n) is 4.72. The van der Waals surface area contributed by atoms with Crippen molar-refractivity contribution in [1.29, 1.82) is 0 Å². The van der Waals surface area contributed by atoms with E-state index < -0.39 is 18.2 Å². The highest BCUT2D eigenvalue weighted by molar-refractivity contribution is 5.87. The number of ether oxygens (including phenoxy) is 5. The summed E-state index contributed by atoms with van der Waals surface area (Å²) in [5.74, 6) is -0.575. The van der Waals surface area contributed by atoms with Crippen LogP contribution in [0.25, 0.3) is 0 Å². The Labute approximate surface area is 165 Å². The van der Waals surface area contributed by atoms with E-state index in [2.05, 4.69) is 0 Å². The number of likely N-dealkylation sites (tertiary alicyclic amines) is 1. The number of rotatable bonds is 11. The number of carbonyl (C=O) groups is 2. The molecule has 8 nitrogen and oxygen atoms in total. The second-order valence-corrected chi connectivity index (χ2v) is 6.84. The van der Waals surface area contributed by atoms with Crippen molar-refractivity contribution in [2.45, 2.75) is 32.6 Å². The topological polar surface area (TPSA) is 83.5 Å². The van der Waals surface area contributed by atoms with E-state index in [-0.39, 0.29) is 38.0 Å². The summed E-state index contributed by atoms with van der Waals surface area (Å²) in [6.07, 6.45) is -1.42. The number of hydrogen-bond acceptors (Lipinski definition) is 7. The first-order valence-electron chi connectivity index (χ1n) is 9.23. The van der Waals surface area contributed by atoms with Crippen LogP contribution in [0.3, 0.4) is 0 Å². The van der Waals surface area contributed by atoms with Crippen molar-refractivity contribution in [2.75, 3.05) is 34.4 Å². The summed E-state index contributed by atoms with van der Waals surface area (Å²) >= 11 is 0. The molecule has 1 saturated heterocycles. The van der Waals surface area contributed by atoms with Gasteiger partial charge in [-0.1, -0.05) is 37.3 Å². The van der Waals surface area contributed by atoms with Gasteiger partial charge in [-0.25, -0.2) is 4.79 Å². The van der Waals surface area contributed by atoms with Gasteiger partial charge in [0.2, 0.25) is 5.91 Å². The zero-order valence-corrected chi connectivity index (χ0v) is 16.8. The zero-order valence-electron chi connectivity index (χ0n) is 16.8. The maximum atomic E-state index is 12.5. The van der Waals surface area contributed by atoms with Gasteiger partial charge in [0.05, 0.1) is 18.6 Å².